The minimum absolute atomic E-state index is 0.0769. The largest absolute Gasteiger partial charge is 0.357 e. The second-order valence-electron chi connectivity index (χ2n) is 7.58. The van der Waals surface area contributed by atoms with Crippen molar-refractivity contribution in [1.82, 2.24) is 15.1 Å². The Morgan fingerprint density at radius 1 is 1.19 bits per heavy atom. The second-order valence-corrected chi connectivity index (χ2v) is 7.58. The lowest BCUT2D eigenvalue weighted by Crippen LogP contribution is -2.46. The molecule has 2 amide bonds. The van der Waals surface area contributed by atoms with Crippen molar-refractivity contribution < 1.29 is 9.59 Å². The topological polar surface area (TPSA) is 78.7 Å². The summed E-state index contributed by atoms with van der Waals surface area (Å²) in [5.41, 5.74) is 7.32. The van der Waals surface area contributed by atoms with Crippen LogP contribution in [0.25, 0.3) is 0 Å². The van der Waals surface area contributed by atoms with Gasteiger partial charge >= 0.3 is 0 Å². The van der Waals surface area contributed by atoms with Crippen LogP contribution in [0.4, 0.5) is 0 Å². The summed E-state index contributed by atoms with van der Waals surface area (Å²) in [4.78, 5) is 28.9. The third kappa shape index (κ3) is 4.62. The molecule has 2 heterocycles. The Kier molecular flexibility index (Phi) is 6.27. The van der Waals surface area contributed by atoms with Crippen LogP contribution in [0.3, 0.4) is 0 Å². The molecular weight excluding hydrogens is 328 g/mol. The molecule has 3 rings (SSSR count). The zero-order chi connectivity index (χ0) is 18.5. The maximum absolute atomic E-state index is 12.7. The Morgan fingerprint density at radius 2 is 1.88 bits per heavy atom. The van der Waals surface area contributed by atoms with Crippen LogP contribution in [0.15, 0.2) is 30.3 Å². The number of amides is 2. The summed E-state index contributed by atoms with van der Waals surface area (Å²) in [5.74, 6) is 0.369. The van der Waals surface area contributed by atoms with E-state index >= 15 is 0 Å². The van der Waals surface area contributed by atoms with E-state index in [0.29, 0.717) is 25.3 Å². The average Bonchev–Trinajstić information content (AvgIpc) is 3.05. The second kappa shape index (κ2) is 8.64. The Hall–Kier alpha value is -1.92. The lowest BCUT2D eigenvalue weighted by Gasteiger charge is -2.33. The van der Waals surface area contributed by atoms with Gasteiger partial charge in [0.1, 0.15) is 6.04 Å². The molecule has 0 unspecified atom stereocenters. The SMILES string of the molecule is CNC(=O)[C@@H]1C[C@H](N)CN1C(=O)CC1CCN(Cc2ccccc2)CC1. The number of nitrogens with one attached hydrogen (secondary N) is 1. The van der Waals surface area contributed by atoms with E-state index < -0.39 is 6.04 Å². The smallest absolute Gasteiger partial charge is 0.242 e. The fourth-order valence-corrected chi connectivity index (χ4v) is 4.11. The van der Waals surface area contributed by atoms with Crippen LogP contribution in [0.2, 0.25) is 0 Å². The van der Waals surface area contributed by atoms with E-state index in [4.69, 9.17) is 5.73 Å². The molecule has 0 aromatic heterocycles. The first-order valence-corrected chi connectivity index (χ1v) is 9.59. The summed E-state index contributed by atoms with van der Waals surface area (Å²) in [6, 6.07) is 10.00. The maximum Gasteiger partial charge on any atom is 0.242 e. The van der Waals surface area contributed by atoms with Gasteiger partial charge in [0.2, 0.25) is 11.8 Å². The number of nitrogens with two attached hydrogens (primary N) is 1. The van der Waals surface area contributed by atoms with Gasteiger partial charge in [-0.2, -0.15) is 0 Å². The molecule has 6 nitrogen and oxygen atoms in total. The summed E-state index contributed by atoms with van der Waals surface area (Å²) in [7, 11) is 1.61. The predicted molar refractivity (Wildman–Crippen MR) is 101 cm³/mol. The minimum Gasteiger partial charge on any atom is -0.357 e. The average molecular weight is 358 g/mol. The summed E-state index contributed by atoms with van der Waals surface area (Å²) in [5, 5.41) is 2.65. The molecule has 2 aliphatic heterocycles. The summed E-state index contributed by atoms with van der Waals surface area (Å²) in [6.07, 6.45) is 3.15. The first-order chi connectivity index (χ1) is 12.6. The summed E-state index contributed by atoms with van der Waals surface area (Å²) in [6.45, 7) is 3.50. The van der Waals surface area contributed by atoms with Gasteiger partial charge in [-0.05, 0) is 43.8 Å². The van der Waals surface area contributed by atoms with Gasteiger partial charge in [0, 0.05) is 32.6 Å². The Balaban J connectivity index is 1.48. The lowest BCUT2D eigenvalue weighted by atomic mass is 9.92. The number of carbonyl (C=O) groups excluding carboxylic acids is 2. The molecule has 0 spiro atoms. The minimum atomic E-state index is -0.402. The molecule has 2 aliphatic rings. The first-order valence-electron chi connectivity index (χ1n) is 9.59. The van der Waals surface area contributed by atoms with Crippen molar-refractivity contribution in [3.63, 3.8) is 0 Å². The van der Waals surface area contributed by atoms with Gasteiger partial charge < -0.3 is 16.0 Å². The molecule has 26 heavy (non-hydrogen) atoms. The number of carbonyl (C=O) groups is 2. The van der Waals surface area contributed by atoms with Crippen molar-refractivity contribution in [2.24, 2.45) is 11.7 Å². The maximum atomic E-state index is 12.7. The van der Waals surface area contributed by atoms with Crippen LogP contribution < -0.4 is 11.1 Å². The molecule has 1 aromatic rings. The van der Waals surface area contributed by atoms with Gasteiger partial charge in [0.15, 0.2) is 0 Å². The summed E-state index contributed by atoms with van der Waals surface area (Å²) < 4.78 is 0. The van der Waals surface area contributed by atoms with E-state index in [0.717, 1.165) is 32.5 Å². The number of nitrogens with zero attached hydrogens (tertiary/aromatic N) is 2. The first kappa shape index (κ1) is 18.9. The number of hydrogen-bond acceptors (Lipinski definition) is 4. The highest BCUT2D eigenvalue weighted by atomic mass is 16.2. The highest BCUT2D eigenvalue weighted by Crippen LogP contribution is 2.25. The lowest BCUT2D eigenvalue weighted by molar-refractivity contribution is -0.139. The van der Waals surface area contributed by atoms with Crippen LogP contribution >= 0.6 is 0 Å². The van der Waals surface area contributed by atoms with E-state index in [9.17, 15) is 9.59 Å². The standard InChI is InChI=1S/C20H30N4O2/c1-22-20(26)18-12-17(21)14-24(18)19(25)11-15-7-9-23(10-8-15)13-16-5-3-2-4-6-16/h2-6,15,17-18H,7-14,21H2,1H3,(H,22,26)/t17-,18-/m0/s1. The van der Waals surface area contributed by atoms with E-state index in [1.54, 1.807) is 11.9 Å². The third-order valence-electron chi connectivity index (χ3n) is 5.62. The molecule has 6 heteroatoms. The van der Waals surface area contributed by atoms with Crippen molar-refractivity contribution in [3.05, 3.63) is 35.9 Å². The van der Waals surface area contributed by atoms with Gasteiger partial charge in [-0.3, -0.25) is 14.5 Å². The number of rotatable bonds is 5. The monoisotopic (exact) mass is 358 g/mol. The fraction of sp³-hybridized carbons (Fsp3) is 0.600. The van der Waals surface area contributed by atoms with Crippen LogP contribution in [0, 0.1) is 5.92 Å². The van der Waals surface area contributed by atoms with Crippen molar-refractivity contribution in [1.29, 1.82) is 0 Å². The van der Waals surface area contributed by atoms with E-state index in [-0.39, 0.29) is 17.9 Å². The molecule has 2 saturated heterocycles. The quantitative estimate of drug-likeness (QED) is 0.822. The van der Waals surface area contributed by atoms with Crippen LogP contribution in [-0.4, -0.2) is 60.4 Å². The molecule has 2 fully saturated rings. The van der Waals surface area contributed by atoms with Crippen molar-refractivity contribution in [2.45, 2.75) is 44.3 Å². The Bertz CT molecular complexity index is 613. The molecule has 0 bridgehead atoms. The molecule has 3 N–H and O–H groups in total. The number of hydrogen-bond donors (Lipinski definition) is 2. The molecule has 0 radical (unpaired) electrons. The molecule has 142 valence electrons. The highest BCUT2D eigenvalue weighted by molar-refractivity contribution is 5.88. The predicted octanol–water partition coefficient (Wildman–Crippen LogP) is 0.963. The van der Waals surface area contributed by atoms with E-state index in [1.807, 2.05) is 6.07 Å². The van der Waals surface area contributed by atoms with Crippen molar-refractivity contribution >= 4 is 11.8 Å². The van der Waals surface area contributed by atoms with Crippen molar-refractivity contribution in [2.75, 3.05) is 26.7 Å². The number of likely N-dealkylation sites (N-methyl/N-ethyl adjacent to an activating group) is 1. The number of piperidine rings is 1. The van der Waals surface area contributed by atoms with Gasteiger partial charge in [-0.1, -0.05) is 30.3 Å². The van der Waals surface area contributed by atoms with Gasteiger partial charge in [-0.15, -0.1) is 0 Å². The normalized spacial score (nSPS) is 24.6. The third-order valence-corrected chi connectivity index (χ3v) is 5.62. The number of likely N-dealkylation sites (tertiary alicyclic amines) is 2. The zero-order valence-corrected chi connectivity index (χ0v) is 15.6. The molecule has 1 aromatic carbocycles. The Morgan fingerprint density at radius 3 is 2.54 bits per heavy atom. The zero-order valence-electron chi connectivity index (χ0n) is 15.6. The molecule has 0 saturated carbocycles. The van der Waals surface area contributed by atoms with Crippen LogP contribution in [-0.2, 0) is 16.1 Å². The molecule has 0 aliphatic carbocycles. The number of benzene rings is 1. The Labute approximate surface area is 155 Å². The van der Waals surface area contributed by atoms with E-state index in [2.05, 4.69) is 34.5 Å². The fourth-order valence-electron chi connectivity index (χ4n) is 4.11. The van der Waals surface area contributed by atoms with Crippen LogP contribution in [0.5, 0.6) is 0 Å². The van der Waals surface area contributed by atoms with Crippen molar-refractivity contribution in [3.8, 4) is 0 Å². The van der Waals surface area contributed by atoms with Gasteiger partial charge in [0.25, 0.3) is 0 Å². The van der Waals surface area contributed by atoms with Gasteiger partial charge in [-0.25, -0.2) is 0 Å². The highest BCUT2D eigenvalue weighted by Gasteiger charge is 2.38. The van der Waals surface area contributed by atoms with Crippen LogP contribution in [0.1, 0.15) is 31.2 Å². The van der Waals surface area contributed by atoms with Gasteiger partial charge in [0.05, 0.1) is 0 Å². The summed E-state index contributed by atoms with van der Waals surface area (Å²) >= 11 is 0. The molecular formula is C20H30N4O2. The van der Waals surface area contributed by atoms with E-state index in [1.165, 1.54) is 5.56 Å². The molecule has 2 atom stereocenters.